The van der Waals surface area contributed by atoms with Crippen LogP contribution in [0, 0.1) is 0 Å². The van der Waals surface area contributed by atoms with Crippen LogP contribution in [0.1, 0.15) is 11.8 Å². The fourth-order valence-corrected chi connectivity index (χ4v) is 4.25. The number of carbonyl (C=O) groups is 1. The zero-order valence-electron chi connectivity index (χ0n) is 9.78. The maximum atomic E-state index is 10.5. The first-order valence-electron chi connectivity index (χ1n) is 5.40. The van der Waals surface area contributed by atoms with Gasteiger partial charge >= 0.3 is 5.97 Å². The van der Waals surface area contributed by atoms with Crippen LogP contribution >= 0.6 is 43.2 Å². The molecule has 0 radical (unpaired) electrons. The lowest BCUT2D eigenvalue weighted by Gasteiger charge is -2.47. The van der Waals surface area contributed by atoms with Gasteiger partial charge in [-0.3, -0.25) is 4.90 Å². The van der Waals surface area contributed by atoms with Gasteiger partial charge in [0, 0.05) is 29.0 Å². The first kappa shape index (κ1) is 14.5. The second-order valence-electron chi connectivity index (χ2n) is 4.61. The minimum Gasteiger partial charge on any atom is -0.480 e. The van der Waals surface area contributed by atoms with Crippen LogP contribution in [-0.4, -0.2) is 41.3 Å². The highest BCUT2D eigenvalue weighted by Gasteiger charge is 2.40. The first-order chi connectivity index (χ1) is 8.38. The molecule has 1 N–H and O–H groups in total. The molecule has 1 aromatic rings. The predicted molar refractivity (Wildman–Crippen MR) is 77.0 cm³/mol. The Bertz CT molecular complexity index is 438. The van der Waals surface area contributed by atoms with Gasteiger partial charge in [0.15, 0.2) is 0 Å². The molecule has 0 amide bonds. The summed E-state index contributed by atoms with van der Waals surface area (Å²) in [5.41, 5.74) is -0.315. The molecule has 0 unspecified atom stereocenters. The first-order valence-corrected chi connectivity index (χ1v) is 7.80. The maximum Gasteiger partial charge on any atom is 0.329 e. The molecule has 0 atom stereocenters. The van der Waals surface area contributed by atoms with Crippen molar-refractivity contribution < 1.29 is 14.6 Å². The summed E-state index contributed by atoms with van der Waals surface area (Å²) in [5.74, 6) is -0.916. The molecular weight excluding hydrogens is 386 g/mol. The van der Waals surface area contributed by atoms with Crippen molar-refractivity contribution in [1.82, 2.24) is 4.90 Å². The van der Waals surface area contributed by atoms with E-state index in [1.54, 1.807) is 11.3 Å². The van der Waals surface area contributed by atoms with Gasteiger partial charge in [-0.15, -0.1) is 11.3 Å². The molecule has 0 aliphatic carbocycles. The number of nitrogens with zero attached hydrogens (tertiary/aromatic N) is 1. The molecule has 100 valence electrons. The SMILES string of the molecule is CC1(OCC(=O)O)CN(Cc2cc(Br)c(Br)s2)C1. The summed E-state index contributed by atoms with van der Waals surface area (Å²) >= 11 is 8.64. The molecule has 4 nitrogen and oxygen atoms in total. The zero-order chi connectivity index (χ0) is 13.3. The van der Waals surface area contributed by atoms with E-state index in [-0.39, 0.29) is 12.2 Å². The van der Waals surface area contributed by atoms with E-state index in [1.807, 2.05) is 6.92 Å². The van der Waals surface area contributed by atoms with Crippen LogP contribution in [0.2, 0.25) is 0 Å². The summed E-state index contributed by atoms with van der Waals surface area (Å²) in [6.45, 7) is 4.15. The van der Waals surface area contributed by atoms with Crippen LogP contribution in [0.5, 0.6) is 0 Å². The highest BCUT2D eigenvalue weighted by Crippen LogP contribution is 2.35. The predicted octanol–water partition coefficient (Wildman–Crippen LogP) is 2.95. The average molecular weight is 399 g/mol. The number of carboxylic acid groups (broad SMARTS) is 1. The van der Waals surface area contributed by atoms with E-state index >= 15 is 0 Å². The molecule has 1 aliphatic heterocycles. The number of thiophene rings is 1. The molecule has 18 heavy (non-hydrogen) atoms. The van der Waals surface area contributed by atoms with Gasteiger partial charge in [0.1, 0.15) is 6.61 Å². The van der Waals surface area contributed by atoms with E-state index in [2.05, 4.69) is 42.8 Å². The van der Waals surface area contributed by atoms with Crippen LogP contribution in [0.25, 0.3) is 0 Å². The van der Waals surface area contributed by atoms with Gasteiger partial charge in [-0.1, -0.05) is 0 Å². The number of hydrogen-bond donors (Lipinski definition) is 1. The molecule has 1 aliphatic rings. The standard InChI is InChI=1S/C11H13Br2NO3S/c1-11(17-4-9(15)16)5-14(6-11)3-7-2-8(12)10(13)18-7/h2H,3-6H2,1H3,(H,15,16). The van der Waals surface area contributed by atoms with E-state index in [0.29, 0.717) is 0 Å². The van der Waals surface area contributed by atoms with Crippen molar-refractivity contribution in [3.8, 4) is 0 Å². The normalized spacial score (nSPS) is 18.6. The Balaban J connectivity index is 1.80. The highest BCUT2D eigenvalue weighted by atomic mass is 79.9. The summed E-state index contributed by atoms with van der Waals surface area (Å²) in [5, 5.41) is 8.58. The second-order valence-corrected chi connectivity index (χ2v) is 7.92. The van der Waals surface area contributed by atoms with Crippen LogP contribution in [0.4, 0.5) is 0 Å². The lowest BCUT2D eigenvalue weighted by molar-refractivity contribution is -0.165. The second kappa shape index (κ2) is 5.58. The summed E-state index contributed by atoms with van der Waals surface area (Å²) in [6.07, 6.45) is 0. The minimum absolute atomic E-state index is 0.222. The Hall–Kier alpha value is 0.0500. The topological polar surface area (TPSA) is 49.8 Å². The van der Waals surface area contributed by atoms with Crippen molar-refractivity contribution in [3.63, 3.8) is 0 Å². The lowest BCUT2D eigenvalue weighted by atomic mass is 9.96. The van der Waals surface area contributed by atoms with Crippen molar-refractivity contribution in [2.75, 3.05) is 19.7 Å². The van der Waals surface area contributed by atoms with Gasteiger partial charge in [-0.2, -0.15) is 0 Å². The van der Waals surface area contributed by atoms with E-state index < -0.39 is 5.97 Å². The molecule has 7 heteroatoms. The van der Waals surface area contributed by atoms with E-state index in [4.69, 9.17) is 9.84 Å². The Morgan fingerprint density at radius 2 is 2.28 bits per heavy atom. The Morgan fingerprint density at radius 3 is 2.78 bits per heavy atom. The molecule has 0 spiro atoms. The summed E-state index contributed by atoms with van der Waals surface area (Å²) in [4.78, 5) is 14.0. The van der Waals surface area contributed by atoms with Crippen molar-refractivity contribution in [1.29, 1.82) is 0 Å². The van der Waals surface area contributed by atoms with Gasteiger partial charge in [0.25, 0.3) is 0 Å². The largest absolute Gasteiger partial charge is 0.480 e. The number of rotatable bonds is 5. The van der Waals surface area contributed by atoms with Crippen LogP contribution in [-0.2, 0) is 16.1 Å². The average Bonchev–Trinajstić information content (AvgIpc) is 2.53. The monoisotopic (exact) mass is 397 g/mol. The number of aliphatic carboxylic acids is 1. The third-order valence-corrected chi connectivity index (χ3v) is 5.98. The number of hydrogen-bond acceptors (Lipinski definition) is 4. The third kappa shape index (κ3) is 3.54. The molecular formula is C11H13Br2NO3S. The van der Waals surface area contributed by atoms with Gasteiger partial charge in [-0.25, -0.2) is 4.79 Å². The molecule has 0 bridgehead atoms. The highest BCUT2D eigenvalue weighted by molar-refractivity contribution is 9.13. The van der Waals surface area contributed by atoms with Crippen molar-refractivity contribution >= 4 is 49.2 Å². The maximum absolute atomic E-state index is 10.5. The molecule has 0 aromatic carbocycles. The quantitative estimate of drug-likeness (QED) is 0.828. The van der Waals surface area contributed by atoms with E-state index in [9.17, 15) is 4.79 Å². The van der Waals surface area contributed by atoms with Crippen LogP contribution < -0.4 is 0 Å². The van der Waals surface area contributed by atoms with Crippen molar-refractivity contribution in [2.45, 2.75) is 19.1 Å². The molecule has 1 fully saturated rings. The molecule has 2 rings (SSSR count). The lowest BCUT2D eigenvalue weighted by Crippen LogP contribution is -2.61. The summed E-state index contributed by atoms with van der Waals surface area (Å²) in [7, 11) is 0. The summed E-state index contributed by atoms with van der Waals surface area (Å²) < 4.78 is 7.54. The van der Waals surface area contributed by atoms with Gasteiger partial charge in [0.2, 0.25) is 0 Å². The summed E-state index contributed by atoms with van der Waals surface area (Å²) in [6, 6.07) is 2.10. The fraction of sp³-hybridized carbons (Fsp3) is 0.545. The Labute approximate surface area is 126 Å². The van der Waals surface area contributed by atoms with Gasteiger partial charge in [0.05, 0.1) is 9.39 Å². The third-order valence-electron chi connectivity index (χ3n) is 2.74. The minimum atomic E-state index is -0.916. The molecule has 1 saturated heterocycles. The molecule has 0 saturated carbocycles. The number of ether oxygens (including phenoxy) is 1. The molecule has 1 aromatic heterocycles. The van der Waals surface area contributed by atoms with E-state index in [0.717, 1.165) is 27.9 Å². The smallest absolute Gasteiger partial charge is 0.329 e. The Kier molecular flexibility index (Phi) is 4.48. The van der Waals surface area contributed by atoms with Crippen LogP contribution in [0.3, 0.4) is 0 Å². The number of likely N-dealkylation sites (tertiary alicyclic amines) is 1. The van der Waals surface area contributed by atoms with Gasteiger partial charge < -0.3 is 9.84 Å². The number of halogens is 2. The van der Waals surface area contributed by atoms with Crippen molar-refractivity contribution in [3.05, 3.63) is 19.2 Å². The van der Waals surface area contributed by atoms with E-state index in [1.165, 1.54) is 4.88 Å². The van der Waals surface area contributed by atoms with Crippen molar-refractivity contribution in [2.24, 2.45) is 0 Å². The Morgan fingerprint density at radius 1 is 1.61 bits per heavy atom. The zero-order valence-corrected chi connectivity index (χ0v) is 13.8. The molecule has 2 heterocycles. The number of carboxylic acids is 1. The van der Waals surface area contributed by atoms with Gasteiger partial charge in [-0.05, 0) is 44.8 Å². The van der Waals surface area contributed by atoms with Crippen LogP contribution in [0.15, 0.2) is 14.3 Å². The fourth-order valence-electron chi connectivity index (χ4n) is 2.03.